The number of carbonyl (C=O) groups excluding carboxylic acids is 1. The molecule has 0 aliphatic carbocycles. The van der Waals surface area contributed by atoms with Gasteiger partial charge in [0.05, 0.1) is 22.3 Å². The summed E-state index contributed by atoms with van der Waals surface area (Å²) in [6.45, 7) is 4.88. The Morgan fingerprint density at radius 1 is 0.867 bits per heavy atom. The number of sulfonamides is 1. The lowest BCUT2D eigenvalue weighted by atomic mass is 9.98. The number of carbonyl (C=O) groups is 1. The number of nitrogens with two attached hydrogens (primary N) is 1. The van der Waals surface area contributed by atoms with E-state index in [-0.39, 0.29) is 16.9 Å². The molecule has 232 valence electrons. The summed E-state index contributed by atoms with van der Waals surface area (Å²) in [5.74, 6) is 1.03. The van der Waals surface area contributed by atoms with Crippen molar-refractivity contribution < 1.29 is 17.9 Å². The summed E-state index contributed by atoms with van der Waals surface area (Å²) in [5.41, 5.74) is 5.98. The van der Waals surface area contributed by atoms with Gasteiger partial charge in [-0.3, -0.25) is 4.79 Å². The van der Waals surface area contributed by atoms with Gasteiger partial charge in [-0.1, -0.05) is 98.3 Å². The Balaban J connectivity index is 1.62. The summed E-state index contributed by atoms with van der Waals surface area (Å²) >= 11 is 0. The van der Waals surface area contributed by atoms with E-state index in [1.54, 1.807) is 24.3 Å². The Labute approximate surface area is 265 Å². The quantitative estimate of drug-likeness (QED) is 0.112. The normalized spacial score (nSPS) is 12.2. The number of benzene rings is 4. The second-order valence-electron chi connectivity index (χ2n) is 11.0. The number of aromatic nitrogens is 2. The van der Waals surface area contributed by atoms with E-state index < -0.39 is 10.0 Å². The molecule has 5 rings (SSSR count). The first-order valence-corrected chi connectivity index (χ1v) is 16.6. The summed E-state index contributed by atoms with van der Waals surface area (Å²) < 4.78 is 31.4. The molecule has 0 spiro atoms. The fourth-order valence-corrected chi connectivity index (χ4v) is 5.89. The molecule has 1 heterocycles. The van der Waals surface area contributed by atoms with Gasteiger partial charge in [-0.05, 0) is 48.2 Å². The van der Waals surface area contributed by atoms with Crippen LogP contribution in [-0.2, 0) is 34.3 Å². The first-order valence-electron chi connectivity index (χ1n) is 15.1. The summed E-state index contributed by atoms with van der Waals surface area (Å²) in [6.07, 6.45) is 2.57. The van der Waals surface area contributed by atoms with E-state index >= 15 is 0 Å². The Bertz CT molecular complexity index is 1820. The smallest absolute Gasteiger partial charge is 0.308 e. The van der Waals surface area contributed by atoms with Gasteiger partial charge in [-0.15, -0.1) is 0 Å². The second kappa shape index (κ2) is 14.5. The Morgan fingerprint density at radius 2 is 1.47 bits per heavy atom. The molecule has 0 amide bonds. The zero-order valence-electron chi connectivity index (χ0n) is 25.5. The van der Waals surface area contributed by atoms with Gasteiger partial charge in [-0.2, -0.15) is 0 Å². The van der Waals surface area contributed by atoms with Crippen LogP contribution in [0.2, 0.25) is 0 Å². The highest BCUT2D eigenvalue weighted by atomic mass is 32.2. The zero-order chi connectivity index (χ0) is 31.8. The molecule has 1 atom stereocenters. The fraction of sp³-hybridized carbons (Fsp3) is 0.222. The molecular weight excluding hydrogens is 584 g/mol. The molecule has 9 heteroatoms. The highest BCUT2D eigenvalue weighted by molar-refractivity contribution is 7.89. The molecule has 0 saturated carbocycles. The lowest BCUT2D eigenvalue weighted by Crippen LogP contribution is -2.26. The van der Waals surface area contributed by atoms with Gasteiger partial charge in [0.25, 0.3) is 0 Å². The van der Waals surface area contributed by atoms with Crippen LogP contribution in [0.15, 0.2) is 114 Å². The number of esters is 1. The fourth-order valence-electron chi connectivity index (χ4n) is 5.38. The first kappa shape index (κ1) is 31.8. The predicted octanol–water partition coefficient (Wildman–Crippen LogP) is 6.66. The summed E-state index contributed by atoms with van der Waals surface area (Å²) in [7, 11) is -3.81. The van der Waals surface area contributed by atoms with Gasteiger partial charge < -0.3 is 14.6 Å². The number of primary sulfonamides is 1. The van der Waals surface area contributed by atoms with Crippen LogP contribution >= 0.6 is 0 Å². The van der Waals surface area contributed by atoms with Crippen molar-refractivity contribution in [1.82, 2.24) is 14.9 Å². The van der Waals surface area contributed by atoms with E-state index in [4.69, 9.17) is 14.9 Å². The number of imidazole rings is 1. The number of hydrogen-bond acceptors (Lipinski definition) is 6. The molecular formula is C36H38N4O4S. The van der Waals surface area contributed by atoms with E-state index in [0.29, 0.717) is 18.7 Å². The van der Waals surface area contributed by atoms with E-state index in [2.05, 4.69) is 41.1 Å². The minimum absolute atomic E-state index is 0.0768. The number of rotatable bonds is 13. The molecule has 0 radical (unpaired) electrons. The van der Waals surface area contributed by atoms with Crippen LogP contribution in [0.5, 0.6) is 5.75 Å². The molecule has 4 aromatic carbocycles. The zero-order valence-corrected chi connectivity index (χ0v) is 26.3. The van der Waals surface area contributed by atoms with Crippen molar-refractivity contribution in [2.45, 2.75) is 57.1 Å². The summed E-state index contributed by atoms with van der Waals surface area (Å²) in [4.78, 5) is 16.8. The van der Waals surface area contributed by atoms with Crippen LogP contribution in [0.1, 0.15) is 49.6 Å². The van der Waals surface area contributed by atoms with E-state index in [9.17, 15) is 13.2 Å². The molecule has 0 saturated heterocycles. The van der Waals surface area contributed by atoms with Crippen molar-refractivity contribution in [2.75, 3.05) is 0 Å². The highest BCUT2D eigenvalue weighted by Crippen LogP contribution is 2.35. The van der Waals surface area contributed by atoms with E-state index in [0.717, 1.165) is 58.9 Å². The minimum atomic E-state index is -3.81. The van der Waals surface area contributed by atoms with Crippen LogP contribution in [0.4, 0.5) is 0 Å². The van der Waals surface area contributed by atoms with Gasteiger partial charge >= 0.3 is 5.97 Å². The molecule has 0 aliphatic rings. The van der Waals surface area contributed by atoms with Gasteiger partial charge in [0.15, 0.2) is 0 Å². The van der Waals surface area contributed by atoms with E-state index in [1.807, 2.05) is 60.7 Å². The maximum Gasteiger partial charge on any atom is 0.308 e. The molecule has 45 heavy (non-hydrogen) atoms. The van der Waals surface area contributed by atoms with Crippen molar-refractivity contribution in [3.05, 3.63) is 126 Å². The van der Waals surface area contributed by atoms with Crippen LogP contribution in [0.25, 0.3) is 22.6 Å². The number of unbranched alkanes of at least 4 members (excludes halogenated alkanes) is 1. The maximum atomic E-state index is 11.9. The highest BCUT2D eigenvalue weighted by Gasteiger charge is 2.26. The average Bonchev–Trinajstić information content (AvgIpc) is 3.42. The average molecular weight is 623 g/mol. The van der Waals surface area contributed by atoms with E-state index in [1.165, 1.54) is 6.92 Å². The second-order valence-corrected chi connectivity index (χ2v) is 12.5. The SMILES string of the molecule is CCCCn1c(-c2ccccc2)nc(-c2ccccc2)c1C(Cc1ccc(S(N)(=O)=O)cc1)NCc1ccc(OC(C)=O)cc1. The lowest BCUT2D eigenvalue weighted by Gasteiger charge is -2.24. The third-order valence-corrected chi connectivity index (χ3v) is 8.51. The summed E-state index contributed by atoms with van der Waals surface area (Å²) in [6, 6.07) is 34.4. The molecule has 0 aliphatic heterocycles. The van der Waals surface area contributed by atoms with Crippen molar-refractivity contribution in [3.63, 3.8) is 0 Å². The number of nitrogens with zero attached hydrogens (tertiary/aromatic N) is 2. The van der Waals surface area contributed by atoms with Crippen LogP contribution in [0, 0.1) is 0 Å². The topological polar surface area (TPSA) is 116 Å². The van der Waals surface area contributed by atoms with Crippen molar-refractivity contribution in [3.8, 4) is 28.4 Å². The van der Waals surface area contributed by atoms with Crippen LogP contribution < -0.4 is 15.2 Å². The number of nitrogens with one attached hydrogen (secondary N) is 1. The molecule has 8 nitrogen and oxygen atoms in total. The largest absolute Gasteiger partial charge is 0.427 e. The van der Waals surface area contributed by atoms with Gasteiger partial charge in [0, 0.05) is 31.1 Å². The number of hydrogen-bond donors (Lipinski definition) is 2. The molecule has 5 aromatic rings. The third kappa shape index (κ3) is 8.13. The Morgan fingerprint density at radius 3 is 2.04 bits per heavy atom. The van der Waals surface area contributed by atoms with Crippen molar-refractivity contribution >= 4 is 16.0 Å². The van der Waals surface area contributed by atoms with Crippen LogP contribution in [-0.4, -0.2) is 23.9 Å². The Hall–Kier alpha value is -4.57. The first-order chi connectivity index (χ1) is 21.7. The lowest BCUT2D eigenvalue weighted by molar-refractivity contribution is -0.131. The Kier molecular flexibility index (Phi) is 10.2. The summed E-state index contributed by atoms with van der Waals surface area (Å²) in [5, 5.41) is 9.16. The molecule has 1 aromatic heterocycles. The van der Waals surface area contributed by atoms with Gasteiger partial charge in [-0.25, -0.2) is 18.5 Å². The predicted molar refractivity (Wildman–Crippen MR) is 177 cm³/mol. The monoisotopic (exact) mass is 622 g/mol. The van der Waals surface area contributed by atoms with Crippen molar-refractivity contribution in [2.24, 2.45) is 5.14 Å². The van der Waals surface area contributed by atoms with Gasteiger partial charge in [0.1, 0.15) is 11.6 Å². The maximum absolute atomic E-state index is 11.9. The number of ether oxygens (including phenoxy) is 1. The van der Waals surface area contributed by atoms with Crippen LogP contribution in [0.3, 0.4) is 0 Å². The molecule has 0 fully saturated rings. The molecule has 1 unspecified atom stereocenters. The molecule has 0 bridgehead atoms. The molecule has 3 N–H and O–H groups in total. The standard InChI is InChI=1S/C36H38N4O4S/c1-3-4-23-40-35(34(29-11-7-5-8-12-29)39-36(40)30-13-9-6-10-14-30)33(24-27-17-21-32(22-18-27)45(37,42)43)38-25-28-15-19-31(20-16-28)44-26(2)41/h5-22,33,38H,3-4,23-25H2,1-2H3,(H2,37,42,43). The van der Waals surface area contributed by atoms with Crippen molar-refractivity contribution in [1.29, 1.82) is 0 Å². The third-order valence-electron chi connectivity index (χ3n) is 7.58. The minimum Gasteiger partial charge on any atom is -0.427 e. The van der Waals surface area contributed by atoms with Gasteiger partial charge in [0.2, 0.25) is 10.0 Å².